The van der Waals surface area contributed by atoms with E-state index in [1.54, 1.807) is 66.7 Å². The van der Waals surface area contributed by atoms with E-state index >= 15 is 0 Å². The number of halogens is 1. The molecule has 1 amide bonds. The molecule has 10 nitrogen and oxygen atoms in total. The fourth-order valence-corrected chi connectivity index (χ4v) is 3.04. The SMILES string of the molecule is CC(=O)CNC(=O)/C(C=O)=N/N=C(/Nc1ccc(Oc2ccccn2)cc1)N(C)Cc1ccc(Cl)cc1. The fourth-order valence-electron chi connectivity index (χ4n) is 2.92. The normalized spacial score (nSPS) is 11.4. The van der Waals surface area contributed by atoms with Crippen molar-refractivity contribution in [1.82, 2.24) is 15.2 Å². The Kier molecular flexibility index (Phi) is 9.86. The topological polar surface area (TPSA) is 125 Å². The number of benzene rings is 2. The number of hydrogen-bond donors (Lipinski definition) is 2. The predicted octanol–water partition coefficient (Wildman–Crippen LogP) is 3.69. The van der Waals surface area contributed by atoms with Gasteiger partial charge in [0.15, 0.2) is 12.0 Å². The Morgan fingerprint density at radius 1 is 1.05 bits per heavy atom. The first-order chi connectivity index (χ1) is 17.8. The third-order valence-electron chi connectivity index (χ3n) is 4.76. The Morgan fingerprint density at radius 2 is 1.78 bits per heavy atom. The number of amides is 1. The smallest absolute Gasteiger partial charge is 0.275 e. The number of rotatable bonds is 10. The van der Waals surface area contributed by atoms with E-state index in [9.17, 15) is 14.4 Å². The maximum absolute atomic E-state index is 12.2. The number of nitrogens with zero attached hydrogens (tertiary/aromatic N) is 4. The van der Waals surface area contributed by atoms with Crippen molar-refractivity contribution in [3.8, 4) is 11.6 Å². The van der Waals surface area contributed by atoms with Gasteiger partial charge in [-0.3, -0.25) is 14.4 Å². The van der Waals surface area contributed by atoms with Gasteiger partial charge in [0.2, 0.25) is 11.8 Å². The number of anilines is 1. The zero-order chi connectivity index (χ0) is 26.6. The largest absolute Gasteiger partial charge is 0.439 e. The molecule has 0 saturated heterocycles. The Morgan fingerprint density at radius 3 is 2.41 bits per heavy atom. The summed E-state index contributed by atoms with van der Waals surface area (Å²) >= 11 is 5.98. The van der Waals surface area contributed by atoms with E-state index in [2.05, 4.69) is 25.8 Å². The third-order valence-corrected chi connectivity index (χ3v) is 5.01. The van der Waals surface area contributed by atoms with Crippen molar-refractivity contribution in [1.29, 1.82) is 0 Å². The van der Waals surface area contributed by atoms with Crippen LogP contribution >= 0.6 is 11.6 Å². The van der Waals surface area contributed by atoms with Crippen molar-refractivity contribution in [2.24, 2.45) is 10.2 Å². The summed E-state index contributed by atoms with van der Waals surface area (Å²) in [6.07, 6.45) is 1.92. The number of guanidine groups is 1. The second-order valence-corrected chi connectivity index (χ2v) is 8.25. The summed E-state index contributed by atoms with van der Waals surface area (Å²) in [7, 11) is 1.77. The van der Waals surface area contributed by atoms with Crippen LogP contribution in [0.2, 0.25) is 5.02 Å². The van der Waals surface area contributed by atoms with Crippen LogP contribution < -0.4 is 15.4 Å². The van der Waals surface area contributed by atoms with Crippen molar-refractivity contribution in [2.75, 3.05) is 18.9 Å². The lowest BCUT2D eigenvalue weighted by atomic mass is 10.2. The number of Topliss-reactive ketones (excluding diaryl/α,β-unsaturated/α-hetero) is 1. The lowest BCUT2D eigenvalue weighted by Gasteiger charge is -2.22. The number of carbonyl (C=O) groups excluding carboxylic acids is 3. The van der Waals surface area contributed by atoms with Gasteiger partial charge >= 0.3 is 0 Å². The van der Waals surface area contributed by atoms with E-state index in [1.807, 2.05) is 18.2 Å². The molecule has 3 aromatic rings. The molecule has 0 unspecified atom stereocenters. The number of aromatic nitrogens is 1. The quantitative estimate of drug-likeness (QED) is 0.137. The molecule has 2 aromatic carbocycles. The number of ketones is 1. The van der Waals surface area contributed by atoms with Crippen LogP contribution in [0.15, 0.2) is 83.1 Å². The van der Waals surface area contributed by atoms with E-state index in [-0.39, 0.29) is 24.6 Å². The minimum absolute atomic E-state index is 0.218. The van der Waals surface area contributed by atoms with Crippen molar-refractivity contribution >= 4 is 46.9 Å². The standard InChI is InChI=1S/C26H25ClN6O4/c1-18(35)15-29-25(36)23(17-34)31-32-26(33(2)16-19-6-8-20(27)9-7-19)30-21-10-12-22(13-11-21)37-24-5-3-4-14-28-24/h3-14,17H,15-16H2,1-2H3,(H,29,36)(H,30,32)/b31-23+. The molecule has 11 heteroatoms. The predicted molar refractivity (Wildman–Crippen MR) is 142 cm³/mol. The highest BCUT2D eigenvalue weighted by atomic mass is 35.5. The summed E-state index contributed by atoms with van der Waals surface area (Å²) in [6.45, 7) is 1.52. The summed E-state index contributed by atoms with van der Waals surface area (Å²) in [5.74, 6) is 0.243. The highest BCUT2D eigenvalue weighted by molar-refractivity contribution is 6.59. The van der Waals surface area contributed by atoms with E-state index in [0.717, 1.165) is 5.56 Å². The molecule has 1 aromatic heterocycles. The van der Waals surface area contributed by atoms with Crippen molar-refractivity contribution in [3.05, 3.63) is 83.5 Å². The van der Waals surface area contributed by atoms with E-state index in [4.69, 9.17) is 16.3 Å². The van der Waals surface area contributed by atoms with Gasteiger partial charge in [-0.1, -0.05) is 29.8 Å². The number of aldehydes is 1. The van der Waals surface area contributed by atoms with Crippen LogP contribution in [-0.2, 0) is 20.9 Å². The molecule has 0 saturated carbocycles. The Labute approximate surface area is 219 Å². The molecule has 0 spiro atoms. The zero-order valence-electron chi connectivity index (χ0n) is 20.2. The summed E-state index contributed by atoms with van der Waals surface area (Å²) < 4.78 is 5.71. The molecule has 0 bridgehead atoms. The highest BCUT2D eigenvalue weighted by Crippen LogP contribution is 2.21. The van der Waals surface area contributed by atoms with E-state index < -0.39 is 11.6 Å². The van der Waals surface area contributed by atoms with Gasteiger partial charge in [-0.25, -0.2) is 4.98 Å². The first kappa shape index (κ1) is 27.0. The molecule has 2 N–H and O–H groups in total. The van der Waals surface area contributed by atoms with Gasteiger partial charge in [0.1, 0.15) is 11.5 Å². The van der Waals surface area contributed by atoms with Crippen molar-refractivity contribution in [2.45, 2.75) is 13.5 Å². The van der Waals surface area contributed by atoms with Crippen molar-refractivity contribution in [3.63, 3.8) is 0 Å². The molecule has 0 aliphatic heterocycles. The van der Waals surface area contributed by atoms with Crippen LogP contribution in [0.1, 0.15) is 12.5 Å². The molecule has 0 fully saturated rings. The molecule has 3 rings (SSSR count). The summed E-state index contributed by atoms with van der Waals surface area (Å²) in [4.78, 5) is 40.6. The van der Waals surface area contributed by atoms with Crippen LogP contribution in [-0.4, -0.2) is 53.1 Å². The number of ether oxygens (including phenoxy) is 1. The molecule has 0 radical (unpaired) electrons. The highest BCUT2D eigenvalue weighted by Gasteiger charge is 2.13. The van der Waals surface area contributed by atoms with Gasteiger partial charge < -0.3 is 20.3 Å². The molecule has 1 heterocycles. The zero-order valence-corrected chi connectivity index (χ0v) is 21.0. The number of pyridine rings is 1. The summed E-state index contributed by atoms with van der Waals surface area (Å²) in [5.41, 5.74) is 1.12. The average Bonchev–Trinajstić information content (AvgIpc) is 2.90. The first-order valence-electron chi connectivity index (χ1n) is 11.1. The van der Waals surface area contributed by atoms with Gasteiger partial charge in [0.25, 0.3) is 5.91 Å². The molecular weight excluding hydrogens is 496 g/mol. The minimum Gasteiger partial charge on any atom is -0.439 e. The monoisotopic (exact) mass is 520 g/mol. The van der Waals surface area contributed by atoms with E-state index in [1.165, 1.54) is 6.92 Å². The van der Waals surface area contributed by atoms with E-state index in [0.29, 0.717) is 28.9 Å². The summed E-state index contributed by atoms with van der Waals surface area (Å²) in [5, 5.41) is 14.0. The van der Waals surface area contributed by atoms with Crippen LogP contribution in [0.3, 0.4) is 0 Å². The fraction of sp³-hybridized carbons (Fsp3) is 0.154. The number of hydrogen-bond acceptors (Lipinski definition) is 7. The van der Waals surface area contributed by atoms with Gasteiger partial charge in [0.05, 0.1) is 6.54 Å². The molecule has 0 aliphatic carbocycles. The average molecular weight is 521 g/mol. The maximum Gasteiger partial charge on any atom is 0.275 e. The summed E-state index contributed by atoms with van der Waals surface area (Å²) in [6, 6.07) is 19.7. The number of nitrogens with one attached hydrogen (secondary N) is 2. The molecule has 0 aliphatic rings. The molecule has 0 atom stereocenters. The van der Waals surface area contributed by atoms with Gasteiger partial charge in [-0.2, -0.15) is 0 Å². The third kappa shape index (κ3) is 8.86. The molecule has 37 heavy (non-hydrogen) atoms. The maximum atomic E-state index is 12.2. The van der Waals surface area contributed by atoms with Gasteiger partial charge in [-0.15, -0.1) is 10.2 Å². The second kappa shape index (κ2) is 13.5. The lowest BCUT2D eigenvalue weighted by molar-refractivity contribution is -0.121. The first-order valence-corrected chi connectivity index (χ1v) is 11.5. The lowest BCUT2D eigenvalue weighted by Crippen LogP contribution is -2.35. The number of carbonyl (C=O) groups is 3. The van der Waals surface area contributed by atoms with Crippen LogP contribution in [0, 0.1) is 0 Å². The Hall–Kier alpha value is -4.57. The van der Waals surface area contributed by atoms with Crippen molar-refractivity contribution < 1.29 is 19.1 Å². The molecular formula is C26H25ClN6O4. The minimum atomic E-state index is -0.801. The molecule has 190 valence electrons. The second-order valence-electron chi connectivity index (χ2n) is 7.81. The van der Waals surface area contributed by atoms with Gasteiger partial charge in [0, 0.05) is 36.6 Å². The van der Waals surface area contributed by atoms with Crippen LogP contribution in [0.5, 0.6) is 11.6 Å². The Bertz CT molecular complexity index is 1280. The van der Waals surface area contributed by atoms with Gasteiger partial charge in [-0.05, 0) is 55.0 Å². The van der Waals surface area contributed by atoms with Crippen LogP contribution in [0.25, 0.3) is 0 Å². The Balaban J connectivity index is 1.81. The van der Waals surface area contributed by atoms with Crippen LogP contribution in [0.4, 0.5) is 5.69 Å².